The zero-order chi connectivity index (χ0) is 9.61. The number of aliphatic hydroxyl groups is 2. The van der Waals surface area contributed by atoms with Gasteiger partial charge >= 0.3 is 0 Å². The first kappa shape index (κ1) is 11.0. The van der Waals surface area contributed by atoms with Crippen molar-refractivity contribution in [3.05, 3.63) is 0 Å². The summed E-state index contributed by atoms with van der Waals surface area (Å²) in [5, 5.41) is 17.8. The van der Waals surface area contributed by atoms with Crippen LogP contribution >= 0.6 is 0 Å². The van der Waals surface area contributed by atoms with E-state index in [1.54, 1.807) is 6.92 Å². The number of aliphatic hydroxyl groups excluding tert-OH is 1. The summed E-state index contributed by atoms with van der Waals surface area (Å²) >= 11 is 0. The number of rotatable bonds is 2. The van der Waals surface area contributed by atoms with Crippen molar-refractivity contribution in [2.24, 2.45) is 5.92 Å². The van der Waals surface area contributed by atoms with Crippen LogP contribution < -0.4 is 0 Å². The zero-order valence-electron chi connectivity index (χ0n) is 7.46. The van der Waals surface area contributed by atoms with E-state index in [9.17, 15) is 5.11 Å². The number of hydrogen-bond donors (Lipinski definition) is 2. The van der Waals surface area contributed by atoms with E-state index in [1.807, 2.05) is 6.92 Å². The van der Waals surface area contributed by atoms with Crippen LogP contribution in [0.25, 0.3) is 0 Å². The minimum absolute atomic E-state index is 0.00296. The van der Waals surface area contributed by atoms with Crippen LogP contribution in [0.1, 0.15) is 20.3 Å². The third-order valence-corrected chi connectivity index (χ3v) is 1.44. The third kappa shape index (κ3) is 4.79. The summed E-state index contributed by atoms with van der Waals surface area (Å²) in [6, 6.07) is 0. The fraction of sp³-hybridized carbons (Fsp3) is 0.600. The summed E-state index contributed by atoms with van der Waals surface area (Å²) in [6.45, 7) is 3.28. The molecule has 0 aliphatic heterocycles. The first-order valence-corrected chi connectivity index (χ1v) is 3.81. The molecule has 2 heteroatoms. The van der Waals surface area contributed by atoms with Crippen LogP contribution in [0.2, 0.25) is 0 Å². The number of hydrogen-bond acceptors (Lipinski definition) is 2. The van der Waals surface area contributed by atoms with E-state index >= 15 is 0 Å². The van der Waals surface area contributed by atoms with Crippen LogP contribution in [0.15, 0.2) is 0 Å². The maximum atomic E-state index is 9.43. The second-order valence-electron chi connectivity index (χ2n) is 3.00. The second kappa shape index (κ2) is 4.83. The number of terminal acetylenes is 1. The van der Waals surface area contributed by atoms with E-state index in [2.05, 4.69) is 17.8 Å². The molecular weight excluding hydrogens is 152 g/mol. The van der Waals surface area contributed by atoms with Gasteiger partial charge in [-0.3, -0.25) is 0 Å². The van der Waals surface area contributed by atoms with Gasteiger partial charge in [0.05, 0.1) is 0 Å². The molecule has 2 N–H and O–H groups in total. The lowest BCUT2D eigenvalue weighted by molar-refractivity contribution is 0.103. The first-order valence-electron chi connectivity index (χ1n) is 3.81. The van der Waals surface area contributed by atoms with Gasteiger partial charge in [-0.1, -0.05) is 24.7 Å². The lowest BCUT2D eigenvalue weighted by Gasteiger charge is -2.17. The molecule has 2 atom stereocenters. The maximum Gasteiger partial charge on any atom is 0.123 e. The summed E-state index contributed by atoms with van der Waals surface area (Å²) in [4.78, 5) is 0. The molecule has 0 aromatic rings. The summed E-state index contributed by atoms with van der Waals surface area (Å²) in [7, 11) is 0. The van der Waals surface area contributed by atoms with E-state index in [0.717, 1.165) is 0 Å². The Kier molecular flexibility index (Phi) is 4.44. The fourth-order valence-corrected chi connectivity index (χ4v) is 0.926. The fourth-order valence-electron chi connectivity index (χ4n) is 0.926. The summed E-state index contributed by atoms with van der Waals surface area (Å²) in [5.74, 6) is 7.56. The molecular formula is C10H14O2. The molecule has 0 saturated heterocycles. The van der Waals surface area contributed by atoms with Gasteiger partial charge < -0.3 is 10.2 Å². The zero-order valence-corrected chi connectivity index (χ0v) is 7.46. The van der Waals surface area contributed by atoms with E-state index in [0.29, 0.717) is 6.42 Å². The predicted octanol–water partition coefficient (Wildman–Crippen LogP) is 0.392. The highest BCUT2D eigenvalue weighted by Gasteiger charge is 2.18. The molecule has 0 aliphatic rings. The van der Waals surface area contributed by atoms with Crippen molar-refractivity contribution in [1.82, 2.24) is 0 Å². The molecule has 0 rings (SSSR count). The first-order chi connectivity index (χ1) is 5.52. The Morgan fingerprint density at radius 3 is 2.58 bits per heavy atom. The molecule has 2 nitrogen and oxygen atoms in total. The molecule has 0 amide bonds. The van der Waals surface area contributed by atoms with Crippen molar-refractivity contribution < 1.29 is 10.2 Å². The Morgan fingerprint density at radius 2 is 2.17 bits per heavy atom. The standard InChI is InChI=1S/C10H14O2/c1-4-10(3,12)8-9(2)6-5-7-11/h1,9,11-12H,7-8H2,2-3H3. The van der Waals surface area contributed by atoms with Crippen LogP contribution in [0.5, 0.6) is 0 Å². The van der Waals surface area contributed by atoms with Crippen molar-refractivity contribution in [3.63, 3.8) is 0 Å². The van der Waals surface area contributed by atoms with Crippen molar-refractivity contribution >= 4 is 0 Å². The molecule has 0 radical (unpaired) electrons. The quantitative estimate of drug-likeness (QED) is 0.583. The smallest absolute Gasteiger partial charge is 0.123 e. The van der Waals surface area contributed by atoms with Gasteiger partial charge in [-0.25, -0.2) is 0 Å². The Morgan fingerprint density at radius 1 is 1.58 bits per heavy atom. The second-order valence-corrected chi connectivity index (χ2v) is 3.00. The monoisotopic (exact) mass is 166 g/mol. The third-order valence-electron chi connectivity index (χ3n) is 1.44. The Labute approximate surface area is 73.6 Å². The van der Waals surface area contributed by atoms with Crippen LogP contribution in [0.4, 0.5) is 0 Å². The molecule has 66 valence electrons. The molecule has 0 saturated carbocycles. The summed E-state index contributed by atoms with van der Waals surface area (Å²) in [5.41, 5.74) is -1.09. The predicted molar refractivity (Wildman–Crippen MR) is 48.1 cm³/mol. The minimum atomic E-state index is -1.09. The van der Waals surface area contributed by atoms with Gasteiger partial charge in [-0.05, 0) is 6.92 Å². The molecule has 0 aromatic carbocycles. The van der Waals surface area contributed by atoms with Crippen LogP contribution in [0.3, 0.4) is 0 Å². The maximum absolute atomic E-state index is 9.43. The van der Waals surface area contributed by atoms with Crippen molar-refractivity contribution in [3.8, 4) is 24.2 Å². The molecule has 0 aliphatic carbocycles. The van der Waals surface area contributed by atoms with Gasteiger partial charge in [0, 0.05) is 12.3 Å². The largest absolute Gasteiger partial charge is 0.384 e. The van der Waals surface area contributed by atoms with E-state index in [4.69, 9.17) is 11.5 Å². The van der Waals surface area contributed by atoms with E-state index < -0.39 is 5.60 Å². The molecule has 0 heterocycles. The topological polar surface area (TPSA) is 40.5 Å². The average Bonchev–Trinajstić information content (AvgIpc) is 2.00. The normalized spacial score (nSPS) is 16.6. The summed E-state index contributed by atoms with van der Waals surface area (Å²) < 4.78 is 0. The summed E-state index contributed by atoms with van der Waals surface area (Å²) in [6.07, 6.45) is 5.51. The molecule has 0 bridgehead atoms. The van der Waals surface area contributed by atoms with E-state index in [-0.39, 0.29) is 12.5 Å². The van der Waals surface area contributed by atoms with Gasteiger partial charge in [-0.2, -0.15) is 0 Å². The van der Waals surface area contributed by atoms with Gasteiger partial charge in [0.25, 0.3) is 0 Å². The highest BCUT2D eigenvalue weighted by Crippen LogP contribution is 2.14. The van der Waals surface area contributed by atoms with E-state index in [1.165, 1.54) is 0 Å². The lowest BCUT2D eigenvalue weighted by Crippen LogP contribution is -2.23. The van der Waals surface area contributed by atoms with Gasteiger partial charge in [0.1, 0.15) is 12.2 Å². The molecule has 0 aromatic heterocycles. The Balaban J connectivity index is 4.02. The molecule has 12 heavy (non-hydrogen) atoms. The Bertz CT molecular complexity index is 224. The molecule has 2 unspecified atom stereocenters. The highest BCUT2D eigenvalue weighted by molar-refractivity contribution is 5.10. The molecule has 0 spiro atoms. The van der Waals surface area contributed by atoms with Crippen molar-refractivity contribution in [2.75, 3.05) is 6.61 Å². The van der Waals surface area contributed by atoms with Crippen LogP contribution in [-0.4, -0.2) is 22.4 Å². The molecule has 0 fully saturated rings. The van der Waals surface area contributed by atoms with Crippen molar-refractivity contribution in [1.29, 1.82) is 0 Å². The van der Waals surface area contributed by atoms with Gasteiger partial charge in [-0.15, -0.1) is 6.42 Å². The Hall–Kier alpha value is -0.960. The minimum Gasteiger partial charge on any atom is -0.384 e. The van der Waals surface area contributed by atoms with Gasteiger partial charge in [0.15, 0.2) is 0 Å². The lowest BCUT2D eigenvalue weighted by atomic mass is 9.94. The van der Waals surface area contributed by atoms with Crippen LogP contribution in [-0.2, 0) is 0 Å². The average molecular weight is 166 g/mol. The SMILES string of the molecule is C#CC(C)(O)CC(C)C#CCO. The highest BCUT2D eigenvalue weighted by atomic mass is 16.3. The van der Waals surface area contributed by atoms with Crippen molar-refractivity contribution in [2.45, 2.75) is 25.9 Å². The van der Waals surface area contributed by atoms with Crippen LogP contribution in [0, 0.1) is 30.1 Å². The van der Waals surface area contributed by atoms with Gasteiger partial charge in [0.2, 0.25) is 0 Å².